The maximum Gasteiger partial charge on any atom is 0.256 e. The summed E-state index contributed by atoms with van der Waals surface area (Å²) in [6.45, 7) is 8.58. The molecule has 3 aliphatic heterocycles. The van der Waals surface area contributed by atoms with Gasteiger partial charge in [-0.25, -0.2) is 9.97 Å². The molecule has 1 spiro atoms. The molecule has 2 N–H and O–H groups in total. The van der Waals surface area contributed by atoms with Crippen molar-refractivity contribution in [1.29, 1.82) is 0 Å². The standard InChI is InChI=1S/C26H34N8O2/c1-17(2)32-9-11-33(12-10-32)20-7-8-21(27-16-20)29-25-28-15-18-13-26(31-23(18)30-25)14-22(35)34(24(26)36)19-5-3-4-6-19/h7-8,15-17,19H,3-6,9-14H2,1-2H3,(H2,27,28,29,30,31). The summed E-state index contributed by atoms with van der Waals surface area (Å²) in [6, 6.07) is 4.63. The second-order valence-electron chi connectivity index (χ2n) is 10.8. The van der Waals surface area contributed by atoms with Gasteiger partial charge in [0.1, 0.15) is 17.2 Å². The Balaban J connectivity index is 1.11. The Morgan fingerprint density at radius 3 is 2.50 bits per heavy atom. The van der Waals surface area contributed by atoms with E-state index >= 15 is 0 Å². The molecule has 6 rings (SSSR count). The number of carbonyl (C=O) groups is 2. The van der Waals surface area contributed by atoms with Crippen molar-refractivity contribution in [2.75, 3.05) is 41.7 Å². The van der Waals surface area contributed by atoms with Gasteiger partial charge in [0.05, 0.1) is 18.3 Å². The number of nitrogens with one attached hydrogen (secondary N) is 2. The highest BCUT2D eigenvalue weighted by Gasteiger charge is 2.56. The molecule has 0 bridgehead atoms. The molecule has 2 amide bonds. The summed E-state index contributed by atoms with van der Waals surface area (Å²) in [5, 5.41) is 6.47. The van der Waals surface area contributed by atoms with E-state index in [1.807, 2.05) is 12.3 Å². The fourth-order valence-electron chi connectivity index (χ4n) is 6.09. The SMILES string of the molecule is CC(C)N1CCN(c2ccc(Nc3ncc4c(n3)NC3(CC(=O)N(C5CCCC5)C3=O)C4)nc2)CC1. The minimum atomic E-state index is -0.922. The first kappa shape index (κ1) is 23.1. The van der Waals surface area contributed by atoms with Gasteiger partial charge in [-0.05, 0) is 38.8 Å². The number of likely N-dealkylation sites (tertiary alicyclic amines) is 1. The number of hydrogen-bond acceptors (Lipinski definition) is 9. The summed E-state index contributed by atoms with van der Waals surface area (Å²) in [6.07, 6.45) is 8.21. The number of rotatable bonds is 5. The first-order chi connectivity index (χ1) is 17.4. The summed E-state index contributed by atoms with van der Waals surface area (Å²) in [7, 11) is 0. The predicted molar refractivity (Wildman–Crippen MR) is 137 cm³/mol. The van der Waals surface area contributed by atoms with Crippen molar-refractivity contribution in [2.24, 2.45) is 0 Å². The fourth-order valence-corrected chi connectivity index (χ4v) is 6.09. The summed E-state index contributed by atoms with van der Waals surface area (Å²) < 4.78 is 0. The molecule has 0 radical (unpaired) electrons. The molecule has 1 saturated carbocycles. The van der Waals surface area contributed by atoms with Crippen LogP contribution < -0.4 is 15.5 Å². The molecule has 1 atom stereocenters. The lowest BCUT2D eigenvalue weighted by molar-refractivity contribution is -0.142. The monoisotopic (exact) mass is 490 g/mol. The third kappa shape index (κ3) is 4.07. The van der Waals surface area contributed by atoms with E-state index in [1.165, 1.54) is 4.90 Å². The molecule has 10 nitrogen and oxygen atoms in total. The third-order valence-electron chi connectivity index (χ3n) is 8.15. The van der Waals surface area contributed by atoms with Crippen molar-refractivity contribution < 1.29 is 9.59 Å². The van der Waals surface area contributed by atoms with Gasteiger partial charge in [-0.1, -0.05) is 12.8 Å². The molecule has 5 heterocycles. The van der Waals surface area contributed by atoms with Gasteiger partial charge in [-0.2, -0.15) is 4.98 Å². The zero-order valence-electron chi connectivity index (χ0n) is 21.0. The van der Waals surface area contributed by atoms with Crippen molar-refractivity contribution >= 4 is 35.1 Å². The van der Waals surface area contributed by atoms with Crippen molar-refractivity contribution in [1.82, 2.24) is 24.8 Å². The van der Waals surface area contributed by atoms with E-state index in [4.69, 9.17) is 0 Å². The maximum absolute atomic E-state index is 13.3. The Morgan fingerprint density at radius 2 is 1.81 bits per heavy atom. The van der Waals surface area contributed by atoms with Crippen LogP contribution in [0.2, 0.25) is 0 Å². The Labute approximate surface area is 211 Å². The second-order valence-corrected chi connectivity index (χ2v) is 10.8. The van der Waals surface area contributed by atoms with Gasteiger partial charge in [0.25, 0.3) is 5.91 Å². The number of hydrogen-bond donors (Lipinski definition) is 2. The first-order valence-electron chi connectivity index (χ1n) is 13.1. The number of aromatic nitrogens is 3. The molecule has 190 valence electrons. The minimum Gasteiger partial charge on any atom is -0.368 e. The summed E-state index contributed by atoms with van der Waals surface area (Å²) in [5.41, 5.74) is 1.05. The van der Waals surface area contributed by atoms with Crippen molar-refractivity contribution in [3.05, 3.63) is 30.1 Å². The predicted octanol–water partition coefficient (Wildman–Crippen LogP) is 2.55. The number of carbonyl (C=O) groups excluding carboxylic acids is 2. The number of pyridine rings is 1. The Kier molecular flexibility index (Phi) is 5.78. The molecule has 1 aliphatic carbocycles. The highest BCUT2D eigenvalue weighted by atomic mass is 16.2. The zero-order chi connectivity index (χ0) is 24.9. The van der Waals surface area contributed by atoms with Gasteiger partial charge in [0.15, 0.2) is 0 Å². The van der Waals surface area contributed by atoms with Gasteiger partial charge >= 0.3 is 0 Å². The van der Waals surface area contributed by atoms with Crippen LogP contribution in [0.25, 0.3) is 0 Å². The Morgan fingerprint density at radius 1 is 1.03 bits per heavy atom. The Bertz CT molecular complexity index is 1160. The molecule has 1 unspecified atom stereocenters. The summed E-state index contributed by atoms with van der Waals surface area (Å²) in [4.78, 5) is 46.1. The second kappa shape index (κ2) is 8.99. The Hall–Kier alpha value is -3.27. The van der Waals surface area contributed by atoms with Crippen LogP contribution >= 0.6 is 0 Å². The van der Waals surface area contributed by atoms with E-state index in [9.17, 15) is 9.59 Å². The van der Waals surface area contributed by atoms with Crippen molar-refractivity contribution in [2.45, 2.75) is 70.0 Å². The largest absolute Gasteiger partial charge is 0.368 e. The van der Waals surface area contributed by atoms with Gasteiger partial charge in [0.2, 0.25) is 11.9 Å². The molecular weight excluding hydrogens is 456 g/mol. The van der Waals surface area contributed by atoms with Gasteiger partial charge in [0, 0.05) is 56.4 Å². The lowest BCUT2D eigenvalue weighted by Gasteiger charge is -2.38. The van der Waals surface area contributed by atoms with Crippen LogP contribution in [0.1, 0.15) is 51.5 Å². The molecule has 2 saturated heterocycles. The average molecular weight is 491 g/mol. The molecule has 10 heteroatoms. The van der Waals surface area contributed by atoms with Crippen LogP contribution in [0, 0.1) is 0 Å². The van der Waals surface area contributed by atoms with Crippen LogP contribution in [0.3, 0.4) is 0 Å². The van der Waals surface area contributed by atoms with Crippen LogP contribution in [0.15, 0.2) is 24.5 Å². The normalized spacial score (nSPS) is 24.8. The highest BCUT2D eigenvalue weighted by Crippen LogP contribution is 2.41. The molecule has 0 aromatic carbocycles. The number of nitrogens with zero attached hydrogens (tertiary/aromatic N) is 6. The maximum atomic E-state index is 13.3. The molecule has 2 aromatic rings. The summed E-state index contributed by atoms with van der Waals surface area (Å²) >= 11 is 0. The molecule has 3 fully saturated rings. The number of amides is 2. The van der Waals surface area contributed by atoms with Gasteiger partial charge in [-0.15, -0.1) is 0 Å². The van der Waals surface area contributed by atoms with E-state index in [0.29, 0.717) is 30.0 Å². The number of anilines is 4. The molecule has 4 aliphatic rings. The quantitative estimate of drug-likeness (QED) is 0.612. The van der Waals surface area contributed by atoms with E-state index in [0.717, 1.165) is 63.1 Å². The smallest absolute Gasteiger partial charge is 0.256 e. The van der Waals surface area contributed by atoms with Crippen LogP contribution in [0.5, 0.6) is 0 Å². The third-order valence-corrected chi connectivity index (χ3v) is 8.15. The zero-order valence-corrected chi connectivity index (χ0v) is 21.0. The first-order valence-corrected chi connectivity index (χ1v) is 13.1. The van der Waals surface area contributed by atoms with E-state index in [-0.39, 0.29) is 24.3 Å². The summed E-state index contributed by atoms with van der Waals surface area (Å²) in [5.74, 6) is 1.49. The topological polar surface area (TPSA) is 107 Å². The lowest BCUT2D eigenvalue weighted by Crippen LogP contribution is -2.48. The molecule has 2 aromatic heterocycles. The van der Waals surface area contributed by atoms with E-state index < -0.39 is 5.54 Å². The van der Waals surface area contributed by atoms with Gasteiger partial charge in [-0.3, -0.25) is 19.4 Å². The minimum absolute atomic E-state index is 0.0475. The lowest BCUT2D eigenvalue weighted by atomic mass is 9.94. The fraction of sp³-hybridized carbons (Fsp3) is 0.577. The van der Waals surface area contributed by atoms with E-state index in [2.05, 4.69) is 55.3 Å². The number of fused-ring (bicyclic) bond motifs is 1. The number of imide groups is 1. The van der Waals surface area contributed by atoms with Crippen LogP contribution in [-0.2, 0) is 16.0 Å². The van der Waals surface area contributed by atoms with E-state index in [1.54, 1.807) is 6.20 Å². The molecular formula is C26H34N8O2. The van der Waals surface area contributed by atoms with Gasteiger partial charge < -0.3 is 15.5 Å². The van der Waals surface area contributed by atoms with Crippen molar-refractivity contribution in [3.8, 4) is 0 Å². The number of piperazine rings is 1. The van der Waals surface area contributed by atoms with Crippen LogP contribution in [-0.4, -0.2) is 80.4 Å². The average Bonchev–Trinajstić information content (AvgIpc) is 3.58. The molecule has 36 heavy (non-hydrogen) atoms. The van der Waals surface area contributed by atoms with Crippen molar-refractivity contribution in [3.63, 3.8) is 0 Å². The van der Waals surface area contributed by atoms with Crippen LogP contribution in [0.4, 0.5) is 23.3 Å². The highest BCUT2D eigenvalue weighted by molar-refractivity contribution is 6.11.